The fraction of sp³-hybridized carbons (Fsp3) is 0.100. The number of rotatable bonds is 4. The predicted octanol–water partition coefficient (Wildman–Crippen LogP) is 4.23. The second-order valence-corrected chi connectivity index (χ2v) is 9.49. The summed E-state index contributed by atoms with van der Waals surface area (Å²) >= 11 is 0. The normalized spacial score (nSPS) is 16.9. The Bertz CT molecular complexity index is 755. The number of ether oxygens (including phenoxy) is 1. The van der Waals surface area contributed by atoms with E-state index >= 15 is 0 Å². The first-order valence-electron chi connectivity index (χ1n) is 7.73. The molecule has 0 saturated heterocycles. The molecule has 4 heteroatoms. The second kappa shape index (κ2) is 7.26. The lowest BCUT2D eigenvalue weighted by atomic mass is 10.2. The molecule has 24 heavy (non-hydrogen) atoms. The molecule has 1 atom stereocenters. The van der Waals surface area contributed by atoms with E-state index in [9.17, 15) is 4.79 Å². The Morgan fingerprint density at radius 1 is 0.958 bits per heavy atom. The molecule has 0 bridgehead atoms. The molecule has 0 amide bonds. The Hall–Kier alpha value is -2.01. The quantitative estimate of drug-likeness (QED) is 0.769. The van der Waals surface area contributed by atoms with Crippen molar-refractivity contribution >= 4 is 37.7 Å². The highest BCUT2D eigenvalue weighted by molar-refractivity contribution is 8.03. The van der Waals surface area contributed by atoms with Gasteiger partial charge in [-0.05, 0) is 30.3 Å². The molecule has 0 heterocycles. The van der Waals surface area contributed by atoms with Crippen LogP contribution in [-0.2, 0) is 4.74 Å². The lowest BCUT2D eigenvalue weighted by Gasteiger charge is -2.30. The lowest BCUT2D eigenvalue weighted by Crippen LogP contribution is -2.39. The average molecular weight is 353 g/mol. The van der Waals surface area contributed by atoms with Gasteiger partial charge in [-0.3, -0.25) is 0 Å². The van der Waals surface area contributed by atoms with Gasteiger partial charge in [0.25, 0.3) is 0 Å². The fourth-order valence-electron chi connectivity index (χ4n) is 3.13. The molecule has 2 nitrogen and oxygen atoms in total. The standard InChI is InChI=1S/C20H19O2P2/c1-22-20(21)24(16-10-4-2-5-11-16,17-12-6-3-7-13-17)19-15-9-8-14-18(19)23/h2-15,19,23H,1H3/q+1. The van der Waals surface area contributed by atoms with Crippen molar-refractivity contribution in [1.82, 2.24) is 0 Å². The maximum absolute atomic E-state index is 13.2. The van der Waals surface area contributed by atoms with Crippen molar-refractivity contribution in [3.63, 3.8) is 0 Å². The van der Waals surface area contributed by atoms with Crippen molar-refractivity contribution in [2.24, 2.45) is 0 Å². The monoisotopic (exact) mass is 353 g/mol. The Kier molecular flexibility index (Phi) is 5.09. The molecule has 2 aromatic rings. The minimum absolute atomic E-state index is 0.0728. The van der Waals surface area contributed by atoms with Gasteiger partial charge in [0.1, 0.15) is 16.3 Å². The van der Waals surface area contributed by atoms with Crippen LogP contribution in [0.1, 0.15) is 0 Å². The first-order chi connectivity index (χ1) is 11.7. The van der Waals surface area contributed by atoms with Crippen molar-refractivity contribution < 1.29 is 9.53 Å². The van der Waals surface area contributed by atoms with Gasteiger partial charge in [-0.2, -0.15) is 0 Å². The van der Waals surface area contributed by atoms with Crippen LogP contribution in [0.2, 0.25) is 0 Å². The van der Waals surface area contributed by atoms with Crippen molar-refractivity contribution in [3.8, 4) is 0 Å². The molecule has 0 aliphatic heterocycles. The Balaban J connectivity index is 2.33. The lowest BCUT2D eigenvalue weighted by molar-refractivity contribution is 0.198. The van der Waals surface area contributed by atoms with Gasteiger partial charge < -0.3 is 4.74 Å². The Morgan fingerprint density at radius 3 is 1.96 bits per heavy atom. The van der Waals surface area contributed by atoms with Crippen LogP contribution < -0.4 is 10.6 Å². The summed E-state index contributed by atoms with van der Waals surface area (Å²) in [6.45, 7) is 0. The highest BCUT2D eigenvalue weighted by atomic mass is 31.2. The van der Waals surface area contributed by atoms with Crippen LogP contribution in [0.3, 0.4) is 0 Å². The average Bonchev–Trinajstić information content (AvgIpc) is 2.65. The van der Waals surface area contributed by atoms with Crippen LogP contribution in [0.5, 0.6) is 0 Å². The number of carbonyl (C=O) groups is 1. The molecule has 1 aliphatic carbocycles. The number of benzene rings is 2. The molecular weight excluding hydrogens is 334 g/mol. The van der Waals surface area contributed by atoms with Crippen LogP contribution in [0.4, 0.5) is 4.79 Å². The molecular formula is C20H19O2P2+. The number of allylic oxidation sites excluding steroid dienone is 4. The zero-order chi connectivity index (χ0) is 17.0. The van der Waals surface area contributed by atoms with Gasteiger partial charge in [0.05, 0.1) is 7.11 Å². The van der Waals surface area contributed by atoms with E-state index in [2.05, 4.69) is 14.9 Å². The predicted molar refractivity (Wildman–Crippen MR) is 107 cm³/mol. The second-order valence-electron chi connectivity index (χ2n) is 5.51. The van der Waals surface area contributed by atoms with E-state index in [-0.39, 0.29) is 11.4 Å². The molecule has 3 rings (SSSR count). The highest BCUT2D eigenvalue weighted by Crippen LogP contribution is 2.63. The van der Waals surface area contributed by atoms with Crippen molar-refractivity contribution in [3.05, 3.63) is 85.0 Å². The summed E-state index contributed by atoms with van der Waals surface area (Å²) in [6, 6.07) is 20.0. The summed E-state index contributed by atoms with van der Waals surface area (Å²) in [6.07, 6.45) is 8.07. The van der Waals surface area contributed by atoms with Crippen molar-refractivity contribution in [1.29, 1.82) is 0 Å². The first kappa shape index (κ1) is 16.8. The molecule has 1 aliphatic rings. The third kappa shape index (κ3) is 2.77. The van der Waals surface area contributed by atoms with E-state index in [1.54, 1.807) is 0 Å². The van der Waals surface area contributed by atoms with E-state index in [0.29, 0.717) is 0 Å². The molecule has 1 unspecified atom stereocenters. The summed E-state index contributed by atoms with van der Waals surface area (Å²) < 4.78 is 5.34. The molecule has 0 radical (unpaired) electrons. The Morgan fingerprint density at radius 2 is 1.50 bits per heavy atom. The van der Waals surface area contributed by atoms with Crippen molar-refractivity contribution in [2.45, 2.75) is 5.66 Å². The molecule has 0 spiro atoms. The molecule has 0 saturated carbocycles. The van der Waals surface area contributed by atoms with Crippen LogP contribution >= 0.6 is 16.1 Å². The zero-order valence-electron chi connectivity index (χ0n) is 13.4. The van der Waals surface area contributed by atoms with E-state index < -0.39 is 7.26 Å². The molecule has 120 valence electrons. The van der Waals surface area contributed by atoms with Gasteiger partial charge in [0.15, 0.2) is 0 Å². The maximum Gasteiger partial charge on any atom is 0.462 e. The third-order valence-corrected chi connectivity index (χ3v) is 9.20. The number of hydrogen-bond donors (Lipinski definition) is 0. The number of carbonyl (C=O) groups excluding carboxylic acids is 1. The molecule has 0 aromatic heterocycles. The first-order valence-corrected chi connectivity index (χ1v) is 10.1. The summed E-state index contributed by atoms with van der Waals surface area (Å²) in [7, 11) is 2.70. The Labute approximate surface area is 145 Å². The SMILES string of the molecule is COC(=O)[P+](c1ccccc1)(c1ccccc1)C1C=CC=CC1=P. The molecule has 0 N–H and O–H groups in total. The highest BCUT2D eigenvalue weighted by Gasteiger charge is 2.59. The van der Waals surface area contributed by atoms with Crippen LogP contribution in [0.25, 0.3) is 0 Å². The van der Waals surface area contributed by atoms with Crippen molar-refractivity contribution in [2.75, 3.05) is 7.11 Å². The molecule has 0 fully saturated rings. The number of methoxy groups -OCH3 is 1. The maximum atomic E-state index is 13.2. The summed E-state index contributed by atoms with van der Waals surface area (Å²) in [5.74, 6) is 0. The van der Waals surface area contributed by atoms with E-state index in [4.69, 9.17) is 4.74 Å². The minimum atomic E-state index is -2.51. The zero-order valence-corrected chi connectivity index (χ0v) is 15.3. The van der Waals surface area contributed by atoms with E-state index in [1.807, 2.05) is 78.9 Å². The van der Waals surface area contributed by atoms with Gasteiger partial charge in [0, 0.05) is 5.29 Å². The smallest absolute Gasteiger partial charge is 0.439 e. The summed E-state index contributed by atoms with van der Waals surface area (Å²) in [4.78, 5) is 13.2. The van der Waals surface area contributed by atoms with Gasteiger partial charge in [0.2, 0.25) is 7.26 Å². The number of hydrogen-bond acceptors (Lipinski definition) is 2. The van der Waals surface area contributed by atoms with Crippen LogP contribution in [-0.4, -0.2) is 23.8 Å². The third-order valence-electron chi connectivity index (χ3n) is 4.21. The van der Waals surface area contributed by atoms with Crippen LogP contribution in [0.15, 0.2) is 85.0 Å². The van der Waals surface area contributed by atoms with Gasteiger partial charge in [-0.1, -0.05) is 54.6 Å². The van der Waals surface area contributed by atoms with Gasteiger partial charge in [-0.25, -0.2) is 4.79 Å². The largest absolute Gasteiger partial charge is 0.462 e. The van der Waals surface area contributed by atoms with E-state index in [1.165, 1.54) is 7.11 Å². The summed E-state index contributed by atoms with van der Waals surface area (Å²) in [5.41, 5.74) is -0.239. The van der Waals surface area contributed by atoms with Crippen LogP contribution in [0, 0.1) is 0 Å². The molecule has 2 aromatic carbocycles. The van der Waals surface area contributed by atoms with Gasteiger partial charge >= 0.3 is 5.71 Å². The van der Waals surface area contributed by atoms with Gasteiger partial charge in [-0.15, -0.1) is 8.86 Å². The topological polar surface area (TPSA) is 26.3 Å². The van der Waals surface area contributed by atoms with E-state index in [0.717, 1.165) is 15.9 Å². The fourth-order valence-corrected chi connectivity index (χ4v) is 7.93. The summed E-state index contributed by atoms with van der Waals surface area (Å²) in [5, 5.41) is 3.02. The minimum Gasteiger partial charge on any atom is -0.439 e.